The van der Waals surface area contributed by atoms with Crippen LogP contribution in [-0.2, 0) is 6.42 Å². The molecule has 0 fully saturated rings. The Morgan fingerprint density at radius 3 is 2.83 bits per heavy atom. The van der Waals surface area contributed by atoms with Gasteiger partial charge in [0.25, 0.3) is 5.91 Å². The number of benzene rings is 1. The lowest BCUT2D eigenvalue weighted by atomic mass is 10.2. The molecule has 2 N–H and O–H groups in total. The molecule has 0 aliphatic heterocycles. The highest BCUT2D eigenvalue weighted by Gasteiger charge is 2.21. The maximum atomic E-state index is 12.3. The van der Waals surface area contributed by atoms with E-state index in [1.54, 1.807) is 13.1 Å². The van der Waals surface area contributed by atoms with Gasteiger partial charge in [-0.05, 0) is 30.1 Å². The predicted octanol–water partition coefficient (Wildman–Crippen LogP) is 1.96. The zero-order valence-electron chi connectivity index (χ0n) is 10.3. The molecular weight excluding hydrogens is 248 g/mol. The van der Waals surface area contributed by atoms with Crippen LogP contribution in [0.2, 0.25) is 0 Å². The van der Waals surface area contributed by atoms with Crippen LogP contribution in [0, 0.1) is 0 Å². The molecule has 1 aromatic heterocycles. The minimum atomic E-state index is -0.125. The summed E-state index contributed by atoms with van der Waals surface area (Å²) in [6.07, 6.45) is 0.690. The molecule has 0 unspecified atom stereocenters. The van der Waals surface area contributed by atoms with Gasteiger partial charge in [0.1, 0.15) is 4.88 Å². The van der Waals surface area contributed by atoms with Crippen LogP contribution in [0.25, 0.3) is 0 Å². The van der Waals surface area contributed by atoms with Crippen LogP contribution in [0.3, 0.4) is 0 Å². The van der Waals surface area contributed by atoms with E-state index < -0.39 is 0 Å². The molecule has 94 valence electrons. The Balaban J connectivity index is 2.33. The second kappa shape index (κ2) is 5.14. The minimum absolute atomic E-state index is 0.125. The van der Waals surface area contributed by atoms with E-state index in [0.717, 1.165) is 17.2 Å². The molecule has 0 atom stereocenters. The third-order valence-electron chi connectivity index (χ3n) is 2.69. The summed E-state index contributed by atoms with van der Waals surface area (Å²) in [5, 5.41) is 3.94. The van der Waals surface area contributed by atoms with E-state index in [1.807, 2.05) is 25.1 Å². The zero-order chi connectivity index (χ0) is 13.1. The molecule has 0 radical (unpaired) electrons. The van der Waals surface area contributed by atoms with Gasteiger partial charge in [-0.15, -0.1) is 5.10 Å². The Kier molecular flexibility index (Phi) is 3.57. The third-order valence-corrected chi connectivity index (χ3v) is 3.44. The van der Waals surface area contributed by atoms with Crippen LogP contribution in [0.15, 0.2) is 24.3 Å². The van der Waals surface area contributed by atoms with E-state index >= 15 is 0 Å². The number of hydrogen-bond acceptors (Lipinski definition) is 5. The van der Waals surface area contributed by atoms with Crippen molar-refractivity contribution in [3.63, 3.8) is 0 Å². The van der Waals surface area contributed by atoms with Gasteiger partial charge in [-0.3, -0.25) is 4.79 Å². The number of anilines is 2. The maximum absolute atomic E-state index is 12.3. The van der Waals surface area contributed by atoms with E-state index in [-0.39, 0.29) is 5.91 Å². The lowest BCUT2D eigenvalue weighted by Gasteiger charge is -2.18. The molecule has 0 saturated carbocycles. The van der Waals surface area contributed by atoms with Crippen LogP contribution in [-0.4, -0.2) is 22.5 Å². The summed E-state index contributed by atoms with van der Waals surface area (Å²) in [4.78, 5) is 14.4. The first-order valence-electron chi connectivity index (χ1n) is 5.59. The van der Waals surface area contributed by atoms with Gasteiger partial charge in [0, 0.05) is 7.05 Å². The highest BCUT2D eigenvalue weighted by Crippen LogP contribution is 2.24. The first-order valence-corrected chi connectivity index (χ1v) is 6.36. The minimum Gasteiger partial charge on any atom is -0.397 e. The van der Waals surface area contributed by atoms with Crippen molar-refractivity contribution < 1.29 is 4.79 Å². The first-order chi connectivity index (χ1) is 8.65. The first kappa shape index (κ1) is 12.5. The van der Waals surface area contributed by atoms with Crippen molar-refractivity contribution in [2.75, 3.05) is 17.7 Å². The molecule has 0 bridgehead atoms. The summed E-state index contributed by atoms with van der Waals surface area (Å²) < 4.78 is 3.83. The van der Waals surface area contributed by atoms with Crippen molar-refractivity contribution in [2.24, 2.45) is 0 Å². The molecule has 6 heteroatoms. The van der Waals surface area contributed by atoms with E-state index in [9.17, 15) is 4.79 Å². The molecule has 1 heterocycles. The summed E-state index contributed by atoms with van der Waals surface area (Å²) in [5.74, 6) is -0.125. The second-order valence-corrected chi connectivity index (χ2v) is 4.58. The van der Waals surface area contributed by atoms with Gasteiger partial charge in [-0.25, -0.2) is 0 Å². The van der Waals surface area contributed by atoms with Gasteiger partial charge in [0.15, 0.2) is 0 Å². The fourth-order valence-corrected chi connectivity index (χ4v) is 2.38. The Hall–Kier alpha value is -1.95. The van der Waals surface area contributed by atoms with Crippen LogP contribution in [0.5, 0.6) is 0 Å². The standard InChI is InChI=1S/C12H14N4OS/c1-3-9-11(18-15-14-9)12(17)16(2)10-7-5-4-6-8(10)13/h4-7H,3,13H2,1-2H3. The Labute approximate surface area is 109 Å². The summed E-state index contributed by atoms with van der Waals surface area (Å²) in [7, 11) is 1.70. The van der Waals surface area contributed by atoms with E-state index in [2.05, 4.69) is 9.59 Å². The molecule has 5 nitrogen and oxygen atoms in total. The van der Waals surface area contributed by atoms with Crippen LogP contribution >= 0.6 is 11.5 Å². The number of nitrogen functional groups attached to an aromatic ring is 1. The van der Waals surface area contributed by atoms with Gasteiger partial charge in [0.05, 0.1) is 17.1 Å². The van der Waals surface area contributed by atoms with Gasteiger partial charge < -0.3 is 10.6 Å². The Morgan fingerprint density at radius 1 is 1.44 bits per heavy atom. The number of nitrogens with zero attached hydrogens (tertiary/aromatic N) is 3. The lowest BCUT2D eigenvalue weighted by molar-refractivity contribution is 0.0996. The molecule has 0 aliphatic carbocycles. The molecule has 0 spiro atoms. The summed E-state index contributed by atoms with van der Waals surface area (Å²) in [5.41, 5.74) is 7.86. The van der Waals surface area contributed by atoms with Crippen molar-refractivity contribution in [1.29, 1.82) is 0 Å². The summed E-state index contributed by atoms with van der Waals surface area (Å²) in [6.45, 7) is 1.95. The van der Waals surface area contributed by atoms with Crippen molar-refractivity contribution >= 4 is 28.8 Å². The van der Waals surface area contributed by atoms with Gasteiger partial charge in [0.2, 0.25) is 0 Å². The van der Waals surface area contributed by atoms with Crippen LogP contribution < -0.4 is 10.6 Å². The fourth-order valence-electron chi connectivity index (χ4n) is 1.66. The largest absolute Gasteiger partial charge is 0.397 e. The van der Waals surface area contributed by atoms with Gasteiger partial charge in [-0.2, -0.15) is 0 Å². The maximum Gasteiger partial charge on any atom is 0.271 e. The average molecular weight is 262 g/mol. The number of aromatic nitrogens is 2. The van der Waals surface area contributed by atoms with E-state index in [4.69, 9.17) is 5.73 Å². The van der Waals surface area contributed by atoms with Crippen LogP contribution in [0.1, 0.15) is 22.3 Å². The highest BCUT2D eigenvalue weighted by atomic mass is 32.1. The molecule has 1 aromatic carbocycles. The predicted molar refractivity (Wildman–Crippen MR) is 72.9 cm³/mol. The van der Waals surface area contributed by atoms with Crippen molar-refractivity contribution in [1.82, 2.24) is 9.59 Å². The summed E-state index contributed by atoms with van der Waals surface area (Å²) >= 11 is 1.12. The summed E-state index contributed by atoms with van der Waals surface area (Å²) in [6, 6.07) is 7.27. The van der Waals surface area contributed by atoms with Crippen molar-refractivity contribution in [2.45, 2.75) is 13.3 Å². The SMILES string of the molecule is CCc1nnsc1C(=O)N(C)c1ccccc1N. The molecular formula is C12H14N4OS. The lowest BCUT2D eigenvalue weighted by Crippen LogP contribution is -2.27. The Morgan fingerprint density at radius 2 is 2.17 bits per heavy atom. The molecule has 1 amide bonds. The molecule has 0 aliphatic rings. The highest BCUT2D eigenvalue weighted by molar-refractivity contribution is 7.08. The van der Waals surface area contributed by atoms with E-state index in [1.165, 1.54) is 4.90 Å². The zero-order valence-corrected chi connectivity index (χ0v) is 11.1. The molecule has 2 rings (SSSR count). The third kappa shape index (κ3) is 2.19. The monoisotopic (exact) mass is 262 g/mol. The number of rotatable bonds is 3. The molecule has 0 saturated heterocycles. The smallest absolute Gasteiger partial charge is 0.271 e. The molecule has 18 heavy (non-hydrogen) atoms. The number of hydrogen-bond donors (Lipinski definition) is 1. The number of nitrogens with two attached hydrogens (primary N) is 1. The average Bonchev–Trinajstić information content (AvgIpc) is 2.86. The number of para-hydroxylation sites is 2. The Bertz CT molecular complexity index is 567. The molecule has 2 aromatic rings. The normalized spacial score (nSPS) is 10.3. The van der Waals surface area contributed by atoms with Gasteiger partial charge >= 0.3 is 0 Å². The number of carbonyl (C=O) groups excluding carboxylic acids is 1. The second-order valence-electron chi connectivity index (χ2n) is 3.83. The van der Waals surface area contributed by atoms with Crippen molar-refractivity contribution in [3.05, 3.63) is 34.8 Å². The van der Waals surface area contributed by atoms with E-state index in [0.29, 0.717) is 22.7 Å². The number of carbonyl (C=O) groups is 1. The number of amides is 1. The fraction of sp³-hybridized carbons (Fsp3) is 0.250. The quantitative estimate of drug-likeness (QED) is 0.858. The number of aryl methyl sites for hydroxylation is 1. The van der Waals surface area contributed by atoms with Crippen LogP contribution in [0.4, 0.5) is 11.4 Å². The van der Waals surface area contributed by atoms with Gasteiger partial charge in [-0.1, -0.05) is 23.5 Å². The topological polar surface area (TPSA) is 72.1 Å². The van der Waals surface area contributed by atoms with Crippen molar-refractivity contribution in [3.8, 4) is 0 Å².